The highest BCUT2D eigenvalue weighted by Crippen LogP contribution is 2.29. The van der Waals surface area contributed by atoms with Crippen LogP contribution in [0.25, 0.3) is 16.9 Å². The first-order chi connectivity index (χ1) is 9.60. The highest BCUT2D eigenvalue weighted by molar-refractivity contribution is 6.35. The van der Waals surface area contributed by atoms with Crippen molar-refractivity contribution in [2.24, 2.45) is 0 Å². The lowest BCUT2D eigenvalue weighted by Crippen LogP contribution is -2.01. The fraction of sp³-hybridized carbons (Fsp3) is 0.0769. The molecule has 2 aromatic heterocycles. The van der Waals surface area contributed by atoms with Crippen LogP contribution in [0.1, 0.15) is 5.82 Å². The predicted molar refractivity (Wildman–Crippen MR) is 83.5 cm³/mol. The van der Waals surface area contributed by atoms with E-state index in [1.807, 2.05) is 0 Å². The molecule has 0 saturated heterocycles. The van der Waals surface area contributed by atoms with Crippen LogP contribution in [0, 0.1) is 0 Å². The second-order valence-corrected chi connectivity index (χ2v) is 5.64. The predicted octanol–water partition coefficient (Wildman–Crippen LogP) is 5.12. The third-order valence-corrected chi connectivity index (χ3v) is 3.79. The quantitative estimate of drug-likeness (QED) is 0.603. The third kappa shape index (κ3) is 2.35. The molecule has 0 radical (unpaired) electrons. The van der Waals surface area contributed by atoms with Gasteiger partial charge in [-0.3, -0.25) is 4.57 Å². The van der Waals surface area contributed by atoms with Crippen LogP contribution in [-0.2, 0) is 5.88 Å². The molecule has 20 heavy (non-hydrogen) atoms. The molecule has 0 saturated carbocycles. The Morgan fingerprint density at radius 3 is 2.55 bits per heavy atom. The lowest BCUT2D eigenvalue weighted by atomic mass is 10.3. The number of pyridine rings is 1. The second-order valence-electron chi connectivity index (χ2n) is 4.09. The second kappa shape index (κ2) is 5.41. The van der Waals surface area contributed by atoms with E-state index >= 15 is 0 Å². The minimum Gasteiger partial charge on any atom is -0.278 e. The lowest BCUT2D eigenvalue weighted by Gasteiger charge is -2.09. The maximum absolute atomic E-state index is 6.25. The van der Waals surface area contributed by atoms with Gasteiger partial charge in [0, 0.05) is 11.2 Å². The Kier molecular flexibility index (Phi) is 3.78. The van der Waals surface area contributed by atoms with Gasteiger partial charge in [-0.05, 0) is 24.3 Å². The number of rotatable bonds is 2. The molecule has 3 rings (SSSR count). The molecule has 102 valence electrons. The van der Waals surface area contributed by atoms with E-state index in [2.05, 4.69) is 9.97 Å². The van der Waals surface area contributed by atoms with Gasteiger partial charge < -0.3 is 0 Å². The Hall–Kier alpha value is -1.000. The van der Waals surface area contributed by atoms with Crippen LogP contribution in [0.15, 0.2) is 30.5 Å². The molecule has 0 aliphatic carbocycles. The van der Waals surface area contributed by atoms with Crippen LogP contribution >= 0.6 is 46.4 Å². The maximum atomic E-state index is 6.25. The standard InChI is InChI=1S/C13H7Cl4N3/c14-5-12-19-10-4-8(16)6-18-13(10)20(12)11-2-1-7(15)3-9(11)17/h1-4,6H,5H2. The van der Waals surface area contributed by atoms with Crippen LogP contribution in [0.2, 0.25) is 15.1 Å². The first-order valence-corrected chi connectivity index (χ1v) is 7.31. The van der Waals surface area contributed by atoms with Crippen molar-refractivity contribution in [3.8, 4) is 5.69 Å². The summed E-state index contributed by atoms with van der Waals surface area (Å²) in [6.07, 6.45) is 1.56. The summed E-state index contributed by atoms with van der Waals surface area (Å²) in [5.74, 6) is 0.869. The highest BCUT2D eigenvalue weighted by Gasteiger charge is 2.15. The van der Waals surface area contributed by atoms with Crippen molar-refractivity contribution < 1.29 is 0 Å². The number of benzene rings is 1. The number of imidazole rings is 1. The van der Waals surface area contributed by atoms with E-state index in [4.69, 9.17) is 46.4 Å². The Bertz CT molecular complexity index is 798. The summed E-state index contributed by atoms with van der Waals surface area (Å²) in [6.45, 7) is 0. The van der Waals surface area contributed by atoms with Crippen molar-refractivity contribution in [3.05, 3.63) is 51.4 Å². The van der Waals surface area contributed by atoms with Crippen molar-refractivity contribution in [3.63, 3.8) is 0 Å². The lowest BCUT2D eigenvalue weighted by molar-refractivity contribution is 0.970. The van der Waals surface area contributed by atoms with E-state index in [1.54, 1.807) is 35.0 Å². The number of halogens is 4. The summed E-state index contributed by atoms with van der Waals surface area (Å²) in [4.78, 5) is 8.73. The van der Waals surface area contributed by atoms with Gasteiger partial charge in [-0.25, -0.2) is 9.97 Å². The molecule has 0 atom stereocenters. The van der Waals surface area contributed by atoms with Gasteiger partial charge in [0.15, 0.2) is 5.65 Å². The summed E-state index contributed by atoms with van der Waals surface area (Å²) in [7, 11) is 0. The summed E-state index contributed by atoms with van der Waals surface area (Å²) >= 11 is 24.1. The first-order valence-electron chi connectivity index (χ1n) is 5.64. The molecule has 0 spiro atoms. The fourth-order valence-electron chi connectivity index (χ4n) is 1.99. The minimum absolute atomic E-state index is 0.229. The van der Waals surface area contributed by atoms with Crippen molar-refractivity contribution in [1.29, 1.82) is 0 Å². The Morgan fingerprint density at radius 2 is 1.85 bits per heavy atom. The molecule has 0 fully saturated rings. The SMILES string of the molecule is ClCc1nc2cc(Cl)cnc2n1-c1ccc(Cl)cc1Cl. The molecule has 3 nitrogen and oxygen atoms in total. The van der Waals surface area contributed by atoms with E-state index in [0.29, 0.717) is 32.1 Å². The average Bonchev–Trinajstić information content (AvgIpc) is 2.76. The molecule has 3 aromatic rings. The Labute approximate surface area is 135 Å². The molecule has 1 aromatic carbocycles. The van der Waals surface area contributed by atoms with E-state index in [0.717, 1.165) is 5.69 Å². The van der Waals surface area contributed by atoms with Gasteiger partial charge in [0.05, 0.1) is 21.6 Å². The zero-order valence-corrected chi connectivity index (χ0v) is 13.0. The van der Waals surface area contributed by atoms with Gasteiger partial charge >= 0.3 is 0 Å². The highest BCUT2D eigenvalue weighted by atomic mass is 35.5. The summed E-state index contributed by atoms with van der Waals surface area (Å²) < 4.78 is 1.80. The Morgan fingerprint density at radius 1 is 1.05 bits per heavy atom. The summed E-state index contributed by atoms with van der Waals surface area (Å²) in [6, 6.07) is 6.96. The van der Waals surface area contributed by atoms with Crippen LogP contribution in [0.5, 0.6) is 0 Å². The molecular formula is C13H7Cl4N3. The van der Waals surface area contributed by atoms with Gasteiger partial charge in [-0.1, -0.05) is 34.8 Å². The van der Waals surface area contributed by atoms with Crippen LogP contribution in [0.4, 0.5) is 0 Å². The van der Waals surface area contributed by atoms with E-state index < -0.39 is 0 Å². The van der Waals surface area contributed by atoms with Gasteiger partial charge in [-0.2, -0.15) is 0 Å². The molecule has 0 bridgehead atoms. The normalized spacial score (nSPS) is 11.2. The minimum atomic E-state index is 0.229. The van der Waals surface area contributed by atoms with E-state index in [-0.39, 0.29) is 5.88 Å². The van der Waals surface area contributed by atoms with E-state index in [9.17, 15) is 0 Å². The number of hydrogen-bond acceptors (Lipinski definition) is 2. The molecule has 0 aliphatic rings. The molecule has 7 heteroatoms. The number of aromatic nitrogens is 3. The van der Waals surface area contributed by atoms with Crippen LogP contribution in [0.3, 0.4) is 0 Å². The first kappa shape index (κ1) is 14.0. The van der Waals surface area contributed by atoms with Gasteiger partial charge in [0.25, 0.3) is 0 Å². The van der Waals surface area contributed by atoms with Crippen molar-refractivity contribution >= 4 is 57.6 Å². The van der Waals surface area contributed by atoms with Crippen LogP contribution in [-0.4, -0.2) is 14.5 Å². The maximum Gasteiger partial charge on any atom is 0.164 e. The smallest absolute Gasteiger partial charge is 0.164 e. The molecule has 0 aliphatic heterocycles. The topological polar surface area (TPSA) is 30.7 Å². The molecule has 2 heterocycles. The average molecular weight is 347 g/mol. The Balaban J connectivity index is 2.34. The zero-order chi connectivity index (χ0) is 14.3. The number of fused-ring (bicyclic) bond motifs is 1. The van der Waals surface area contributed by atoms with Crippen molar-refractivity contribution in [1.82, 2.24) is 14.5 Å². The molecular weight excluding hydrogens is 340 g/mol. The van der Waals surface area contributed by atoms with Gasteiger partial charge in [-0.15, -0.1) is 11.6 Å². The fourth-order valence-corrected chi connectivity index (χ4v) is 2.82. The molecule has 0 unspecified atom stereocenters. The van der Waals surface area contributed by atoms with Crippen molar-refractivity contribution in [2.75, 3.05) is 0 Å². The van der Waals surface area contributed by atoms with Gasteiger partial charge in [0.1, 0.15) is 11.3 Å². The monoisotopic (exact) mass is 345 g/mol. The molecule has 0 N–H and O–H groups in total. The number of hydrogen-bond donors (Lipinski definition) is 0. The number of alkyl halides is 1. The number of nitrogens with zero attached hydrogens (tertiary/aromatic N) is 3. The largest absolute Gasteiger partial charge is 0.278 e. The van der Waals surface area contributed by atoms with E-state index in [1.165, 1.54) is 0 Å². The third-order valence-electron chi connectivity index (χ3n) is 2.80. The van der Waals surface area contributed by atoms with Crippen molar-refractivity contribution in [2.45, 2.75) is 5.88 Å². The zero-order valence-electron chi connectivity index (χ0n) is 9.95. The van der Waals surface area contributed by atoms with Gasteiger partial charge in [0.2, 0.25) is 0 Å². The van der Waals surface area contributed by atoms with Crippen LogP contribution < -0.4 is 0 Å². The molecule has 0 amide bonds. The summed E-state index contributed by atoms with van der Waals surface area (Å²) in [5.41, 5.74) is 2.04. The summed E-state index contributed by atoms with van der Waals surface area (Å²) in [5, 5.41) is 1.58.